The molecule has 0 saturated carbocycles. The van der Waals surface area contributed by atoms with Crippen LogP contribution in [0, 0.1) is 6.92 Å². The van der Waals surface area contributed by atoms with Crippen LogP contribution in [0.5, 0.6) is 0 Å². The van der Waals surface area contributed by atoms with Crippen molar-refractivity contribution in [3.63, 3.8) is 0 Å². The van der Waals surface area contributed by atoms with E-state index in [-0.39, 0.29) is 6.04 Å². The Balaban J connectivity index is 3.15. The molecule has 72 valence electrons. The van der Waals surface area contributed by atoms with Gasteiger partial charge in [-0.15, -0.1) is 0 Å². The average molecular weight is 200 g/mol. The second-order valence-corrected chi connectivity index (χ2v) is 3.48. The van der Waals surface area contributed by atoms with E-state index >= 15 is 0 Å². The summed E-state index contributed by atoms with van der Waals surface area (Å²) in [5.74, 6) is 0. The first-order valence-corrected chi connectivity index (χ1v) is 4.45. The Hall–Kier alpha value is -0.770. The van der Waals surface area contributed by atoms with Gasteiger partial charge in [0.15, 0.2) is 0 Å². The van der Waals surface area contributed by atoms with E-state index in [0.717, 1.165) is 11.1 Å². The third-order valence-electron chi connectivity index (χ3n) is 2.04. The van der Waals surface area contributed by atoms with E-state index in [1.165, 1.54) is 0 Å². The van der Waals surface area contributed by atoms with Crippen LogP contribution in [-0.2, 0) is 0 Å². The number of benzene rings is 1. The maximum atomic E-state index is 5.96. The topological polar surface area (TPSA) is 78.1 Å². The lowest BCUT2D eigenvalue weighted by molar-refractivity contribution is 0.737. The van der Waals surface area contributed by atoms with Crippen LogP contribution in [0.3, 0.4) is 0 Å². The first kappa shape index (κ1) is 10.3. The predicted molar refractivity (Wildman–Crippen MR) is 56.6 cm³/mol. The van der Waals surface area contributed by atoms with Crippen molar-refractivity contribution in [2.75, 3.05) is 12.3 Å². The Bertz CT molecular complexity index is 312. The summed E-state index contributed by atoms with van der Waals surface area (Å²) < 4.78 is 0. The highest BCUT2D eigenvalue weighted by Crippen LogP contribution is 2.26. The fourth-order valence-electron chi connectivity index (χ4n) is 1.13. The zero-order valence-electron chi connectivity index (χ0n) is 7.55. The minimum atomic E-state index is -0.216. The molecule has 1 aromatic carbocycles. The highest BCUT2D eigenvalue weighted by Gasteiger charge is 2.09. The molecule has 0 unspecified atom stereocenters. The van der Waals surface area contributed by atoms with Gasteiger partial charge in [0.1, 0.15) is 0 Å². The van der Waals surface area contributed by atoms with Gasteiger partial charge in [-0.1, -0.05) is 17.7 Å². The van der Waals surface area contributed by atoms with Crippen LogP contribution in [0.4, 0.5) is 5.69 Å². The first-order valence-electron chi connectivity index (χ1n) is 4.07. The van der Waals surface area contributed by atoms with E-state index < -0.39 is 0 Å². The highest BCUT2D eigenvalue weighted by atomic mass is 35.5. The molecule has 0 amide bonds. The molecule has 0 bridgehead atoms. The summed E-state index contributed by atoms with van der Waals surface area (Å²) in [6.07, 6.45) is 0. The summed E-state index contributed by atoms with van der Waals surface area (Å²) in [6, 6.07) is 3.38. The number of halogens is 1. The van der Waals surface area contributed by atoms with Crippen molar-refractivity contribution in [3.8, 4) is 0 Å². The molecule has 0 aliphatic carbocycles. The molecule has 0 aliphatic rings. The van der Waals surface area contributed by atoms with Crippen molar-refractivity contribution in [2.24, 2.45) is 11.5 Å². The van der Waals surface area contributed by atoms with E-state index in [4.69, 9.17) is 28.8 Å². The van der Waals surface area contributed by atoms with Crippen molar-refractivity contribution in [1.82, 2.24) is 0 Å². The molecule has 0 heterocycles. The number of anilines is 1. The third kappa shape index (κ3) is 2.12. The first-order chi connectivity index (χ1) is 6.06. The largest absolute Gasteiger partial charge is 0.398 e. The van der Waals surface area contributed by atoms with Crippen LogP contribution >= 0.6 is 11.6 Å². The van der Waals surface area contributed by atoms with Crippen LogP contribution in [0.15, 0.2) is 12.1 Å². The minimum Gasteiger partial charge on any atom is -0.398 e. The average Bonchev–Trinajstić information content (AvgIpc) is 2.10. The maximum Gasteiger partial charge on any atom is 0.0474 e. The molecular formula is C9H14ClN3. The van der Waals surface area contributed by atoms with E-state index in [9.17, 15) is 0 Å². The van der Waals surface area contributed by atoms with Gasteiger partial charge in [0, 0.05) is 23.3 Å². The molecule has 1 atom stereocenters. The molecule has 6 N–H and O–H groups in total. The van der Waals surface area contributed by atoms with Crippen molar-refractivity contribution in [3.05, 3.63) is 28.3 Å². The van der Waals surface area contributed by atoms with Crippen LogP contribution in [0.1, 0.15) is 17.2 Å². The Morgan fingerprint density at radius 2 is 2.08 bits per heavy atom. The molecule has 1 aromatic rings. The van der Waals surface area contributed by atoms with E-state index in [0.29, 0.717) is 17.3 Å². The van der Waals surface area contributed by atoms with Gasteiger partial charge in [0.25, 0.3) is 0 Å². The number of aryl methyl sites for hydroxylation is 1. The Kier molecular flexibility index (Phi) is 3.14. The second kappa shape index (κ2) is 3.96. The van der Waals surface area contributed by atoms with Crippen molar-refractivity contribution in [1.29, 1.82) is 0 Å². The van der Waals surface area contributed by atoms with Crippen LogP contribution < -0.4 is 17.2 Å². The fraction of sp³-hybridized carbons (Fsp3) is 0.333. The van der Waals surface area contributed by atoms with Crippen LogP contribution in [0.25, 0.3) is 0 Å². The lowest BCUT2D eigenvalue weighted by Gasteiger charge is -2.13. The Morgan fingerprint density at radius 1 is 1.46 bits per heavy atom. The molecule has 0 aliphatic heterocycles. The van der Waals surface area contributed by atoms with Crippen LogP contribution in [-0.4, -0.2) is 6.54 Å². The summed E-state index contributed by atoms with van der Waals surface area (Å²) >= 11 is 5.96. The maximum absolute atomic E-state index is 5.96. The summed E-state index contributed by atoms with van der Waals surface area (Å²) in [5, 5.41) is 0.584. The molecule has 0 spiro atoms. The van der Waals surface area contributed by atoms with Gasteiger partial charge in [-0.2, -0.15) is 0 Å². The summed E-state index contributed by atoms with van der Waals surface area (Å²) in [4.78, 5) is 0. The van der Waals surface area contributed by atoms with Crippen molar-refractivity contribution < 1.29 is 0 Å². The van der Waals surface area contributed by atoms with Crippen molar-refractivity contribution in [2.45, 2.75) is 13.0 Å². The molecule has 4 heteroatoms. The Labute approximate surface area is 82.8 Å². The van der Waals surface area contributed by atoms with Gasteiger partial charge in [0.05, 0.1) is 0 Å². The molecule has 13 heavy (non-hydrogen) atoms. The number of hydrogen-bond donors (Lipinski definition) is 3. The molecule has 1 rings (SSSR count). The number of hydrogen-bond acceptors (Lipinski definition) is 3. The Morgan fingerprint density at radius 3 is 2.62 bits per heavy atom. The second-order valence-electron chi connectivity index (χ2n) is 3.07. The monoisotopic (exact) mass is 199 g/mol. The fourth-order valence-corrected chi connectivity index (χ4v) is 1.44. The quantitative estimate of drug-likeness (QED) is 0.627. The zero-order valence-corrected chi connectivity index (χ0v) is 8.31. The third-order valence-corrected chi connectivity index (χ3v) is 2.37. The van der Waals surface area contributed by atoms with Gasteiger partial charge in [-0.05, 0) is 24.1 Å². The van der Waals surface area contributed by atoms with Crippen LogP contribution in [0.2, 0.25) is 5.02 Å². The molecular weight excluding hydrogens is 186 g/mol. The summed E-state index contributed by atoms with van der Waals surface area (Å²) in [5.41, 5.74) is 19.4. The minimum absolute atomic E-state index is 0.216. The number of rotatable bonds is 2. The SMILES string of the molecule is Cc1cc([C@@H](N)CN)c(Cl)cc1N. The standard InChI is InChI=1S/C9H14ClN3/c1-5-2-6(9(13)4-11)7(10)3-8(5)12/h2-3,9H,4,11-13H2,1H3/t9-/m0/s1. The lowest BCUT2D eigenvalue weighted by Crippen LogP contribution is -2.21. The van der Waals surface area contributed by atoms with Crippen molar-refractivity contribution >= 4 is 17.3 Å². The van der Waals surface area contributed by atoms with E-state index in [2.05, 4.69) is 0 Å². The van der Waals surface area contributed by atoms with Gasteiger partial charge in [0.2, 0.25) is 0 Å². The molecule has 0 radical (unpaired) electrons. The van der Waals surface area contributed by atoms with E-state index in [1.807, 2.05) is 13.0 Å². The summed E-state index contributed by atoms with van der Waals surface area (Å²) in [6.45, 7) is 2.29. The number of nitrogens with two attached hydrogens (primary N) is 3. The number of nitrogen functional groups attached to an aromatic ring is 1. The molecule has 0 aromatic heterocycles. The van der Waals surface area contributed by atoms with Gasteiger partial charge >= 0.3 is 0 Å². The smallest absolute Gasteiger partial charge is 0.0474 e. The summed E-state index contributed by atoms with van der Waals surface area (Å²) in [7, 11) is 0. The predicted octanol–water partition coefficient (Wildman–Crippen LogP) is 1.19. The van der Waals surface area contributed by atoms with Gasteiger partial charge in [-0.25, -0.2) is 0 Å². The molecule has 0 saturated heterocycles. The van der Waals surface area contributed by atoms with E-state index in [1.54, 1.807) is 6.07 Å². The lowest BCUT2D eigenvalue weighted by atomic mass is 10.0. The highest BCUT2D eigenvalue weighted by molar-refractivity contribution is 6.31. The van der Waals surface area contributed by atoms with Gasteiger partial charge in [-0.3, -0.25) is 0 Å². The molecule has 3 nitrogen and oxygen atoms in total. The van der Waals surface area contributed by atoms with Gasteiger partial charge < -0.3 is 17.2 Å². The normalized spacial score (nSPS) is 12.9. The zero-order chi connectivity index (χ0) is 10.0. The molecule has 0 fully saturated rings.